The number of halogens is 1. The first-order valence-electron chi connectivity index (χ1n) is 7.09. The average molecular weight is 326 g/mol. The van der Waals surface area contributed by atoms with E-state index in [1.165, 1.54) is 0 Å². The van der Waals surface area contributed by atoms with Crippen LogP contribution in [-0.4, -0.2) is 17.8 Å². The highest BCUT2D eigenvalue weighted by Gasteiger charge is 2.25. The molecule has 0 heterocycles. The van der Waals surface area contributed by atoms with Crippen LogP contribution in [0.3, 0.4) is 0 Å². The molecule has 0 aliphatic carbocycles. The van der Waals surface area contributed by atoms with Gasteiger partial charge in [0.25, 0.3) is 0 Å². The Morgan fingerprint density at radius 3 is 2.53 bits per heavy atom. The van der Waals surface area contributed by atoms with Crippen molar-refractivity contribution in [3.05, 3.63) is 35.9 Å². The summed E-state index contributed by atoms with van der Waals surface area (Å²) >= 11 is 3.40. The molecule has 2 nitrogen and oxygen atoms in total. The predicted octanol–water partition coefficient (Wildman–Crippen LogP) is 4.11. The van der Waals surface area contributed by atoms with Gasteiger partial charge in [-0.05, 0) is 24.3 Å². The maximum absolute atomic E-state index is 12.4. The van der Waals surface area contributed by atoms with Gasteiger partial charge in [-0.3, -0.25) is 4.79 Å². The number of amides is 1. The van der Waals surface area contributed by atoms with E-state index >= 15 is 0 Å². The molecule has 0 fully saturated rings. The molecule has 0 aliphatic heterocycles. The van der Waals surface area contributed by atoms with Crippen LogP contribution in [0, 0.1) is 5.92 Å². The van der Waals surface area contributed by atoms with Crippen LogP contribution in [0.15, 0.2) is 30.3 Å². The van der Waals surface area contributed by atoms with Gasteiger partial charge in [-0.15, -0.1) is 0 Å². The zero-order valence-electron chi connectivity index (χ0n) is 11.9. The van der Waals surface area contributed by atoms with Gasteiger partial charge in [0, 0.05) is 11.9 Å². The molecular formula is C16H24BrNO. The summed E-state index contributed by atoms with van der Waals surface area (Å²) in [7, 11) is 0. The number of carbonyl (C=O) groups is 1. The van der Waals surface area contributed by atoms with Gasteiger partial charge in [0.2, 0.25) is 5.91 Å². The minimum Gasteiger partial charge on any atom is -0.356 e. The summed E-state index contributed by atoms with van der Waals surface area (Å²) in [6, 6.07) is 10.1. The van der Waals surface area contributed by atoms with Gasteiger partial charge in [-0.1, -0.05) is 66.5 Å². The first-order valence-corrected chi connectivity index (χ1v) is 8.21. The lowest BCUT2D eigenvalue weighted by Gasteiger charge is -2.22. The number of rotatable bonds is 8. The van der Waals surface area contributed by atoms with E-state index in [0.717, 1.165) is 36.7 Å². The van der Waals surface area contributed by atoms with Crippen LogP contribution >= 0.6 is 15.9 Å². The van der Waals surface area contributed by atoms with E-state index in [1.54, 1.807) is 0 Å². The van der Waals surface area contributed by atoms with Crippen LogP contribution in [0.1, 0.15) is 44.6 Å². The van der Waals surface area contributed by atoms with Crippen LogP contribution < -0.4 is 5.32 Å². The fourth-order valence-corrected chi connectivity index (χ4v) is 2.57. The molecule has 1 aromatic rings. The van der Waals surface area contributed by atoms with Crippen molar-refractivity contribution in [2.24, 2.45) is 5.92 Å². The second-order valence-electron chi connectivity index (χ2n) is 4.96. The SMILES string of the molecule is CCC(C)C(C(=O)NCCCCBr)c1ccccc1. The zero-order chi connectivity index (χ0) is 14.1. The molecule has 0 bridgehead atoms. The Bertz CT molecular complexity index is 366. The molecule has 0 aromatic heterocycles. The number of carbonyl (C=O) groups excluding carboxylic acids is 1. The van der Waals surface area contributed by atoms with Gasteiger partial charge in [0.1, 0.15) is 0 Å². The Hall–Kier alpha value is -0.830. The predicted molar refractivity (Wildman–Crippen MR) is 84.7 cm³/mol. The summed E-state index contributed by atoms with van der Waals surface area (Å²) in [5, 5.41) is 4.07. The maximum atomic E-state index is 12.4. The molecule has 0 spiro atoms. The maximum Gasteiger partial charge on any atom is 0.227 e. The van der Waals surface area contributed by atoms with E-state index in [-0.39, 0.29) is 11.8 Å². The summed E-state index contributed by atoms with van der Waals surface area (Å²) in [4.78, 5) is 12.4. The van der Waals surface area contributed by atoms with Crippen LogP contribution in [0.25, 0.3) is 0 Å². The highest BCUT2D eigenvalue weighted by atomic mass is 79.9. The number of benzene rings is 1. The molecule has 1 N–H and O–H groups in total. The molecule has 0 radical (unpaired) electrons. The third-order valence-electron chi connectivity index (χ3n) is 3.51. The molecule has 106 valence electrons. The molecule has 1 rings (SSSR count). The largest absolute Gasteiger partial charge is 0.356 e. The highest BCUT2D eigenvalue weighted by molar-refractivity contribution is 9.09. The van der Waals surface area contributed by atoms with E-state index in [2.05, 4.69) is 47.2 Å². The van der Waals surface area contributed by atoms with Gasteiger partial charge < -0.3 is 5.32 Å². The fourth-order valence-electron chi connectivity index (χ4n) is 2.18. The molecule has 0 saturated heterocycles. The normalized spacial score (nSPS) is 13.8. The Kier molecular flexibility index (Phi) is 7.80. The van der Waals surface area contributed by atoms with Crippen molar-refractivity contribution in [2.45, 2.75) is 39.0 Å². The second kappa shape index (κ2) is 9.13. The number of hydrogen-bond donors (Lipinski definition) is 1. The number of nitrogens with one attached hydrogen (secondary N) is 1. The van der Waals surface area contributed by atoms with Crippen LogP contribution in [0.2, 0.25) is 0 Å². The van der Waals surface area contributed by atoms with Crippen LogP contribution in [0.4, 0.5) is 0 Å². The van der Waals surface area contributed by atoms with Crippen molar-refractivity contribution in [2.75, 3.05) is 11.9 Å². The molecule has 0 saturated carbocycles. The fraction of sp³-hybridized carbons (Fsp3) is 0.562. The summed E-state index contributed by atoms with van der Waals surface area (Å²) in [6.07, 6.45) is 3.13. The molecule has 0 aliphatic rings. The summed E-state index contributed by atoms with van der Waals surface area (Å²) in [5.41, 5.74) is 1.12. The van der Waals surface area contributed by atoms with Gasteiger partial charge in [-0.2, -0.15) is 0 Å². The first-order chi connectivity index (χ1) is 9.20. The van der Waals surface area contributed by atoms with Crippen molar-refractivity contribution >= 4 is 21.8 Å². The quantitative estimate of drug-likeness (QED) is 0.565. The average Bonchev–Trinajstić information content (AvgIpc) is 2.45. The second-order valence-corrected chi connectivity index (χ2v) is 5.75. The number of unbranched alkanes of at least 4 members (excludes halogenated alkanes) is 1. The molecule has 2 atom stereocenters. The monoisotopic (exact) mass is 325 g/mol. The Morgan fingerprint density at radius 2 is 1.95 bits per heavy atom. The minimum atomic E-state index is -0.0322. The third kappa shape index (κ3) is 5.35. The topological polar surface area (TPSA) is 29.1 Å². The van der Waals surface area contributed by atoms with Gasteiger partial charge >= 0.3 is 0 Å². The van der Waals surface area contributed by atoms with Crippen molar-refractivity contribution in [3.63, 3.8) is 0 Å². The van der Waals surface area contributed by atoms with Crippen molar-refractivity contribution in [1.82, 2.24) is 5.32 Å². The van der Waals surface area contributed by atoms with Gasteiger partial charge in [-0.25, -0.2) is 0 Å². The van der Waals surface area contributed by atoms with Crippen molar-refractivity contribution < 1.29 is 4.79 Å². The van der Waals surface area contributed by atoms with E-state index in [4.69, 9.17) is 0 Å². The van der Waals surface area contributed by atoms with Gasteiger partial charge in [0.05, 0.1) is 5.92 Å². The van der Waals surface area contributed by atoms with Crippen LogP contribution in [0.5, 0.6) is 0 Å². The van der Waals surface area contributed by atoms with E-state index < -0.39 is 0 Å². The lowest BCUT2D eigenvalue weighted by molar-refractivity contribution is -0.123. The Morgan fingerprint density at radius 1 is 1.26 bits per heavy atom. The molecule has 1 amide bonds. The summed E-state index contributed by atoms with van der Waals surface area (Å²) in [6.45, 7) is 5.05. The number of alkyl halides is 1. The summed E-state index contributed by atoms with van der Waals surface area (Å²) < 4.78 is 0. The Balaban J connectivity index is 2.67. The molecular weight excluding hydrogens is 302 g/mol. The standard InChI is InChI=1S/C16H24BrNO/c1-3-13(2)15(14-9-5-4-6-10-14)16(19)18-12-8-7-11-17/h4-6,9-10,13,15H,3,7-8,11-12H2,1-2H3,(H,18,19). The highest BCUT2D eigenvalue weighted by Crippen LogP contribution is 2.27. The summed E-state index contributed by atoms with van der Waals surface area (Å²) in [5.74, 6) is 0.490. The lowest BCUT2D eigenvalue weighted by Crippen LogP contribution is -2.33. The minimum absolute atomic E-state index is 0.0322. The van der Waals surface area contributed by atoms with E-state index in [9.17, 15) is 4.79 Å². The van der Waals surface area contributed by atoms with Crippen molar-refractivity contribution in [3.8, 4) is 0 Å². The van der Waals surface area contributed by atoms with Crippen LogP contribution in [-0.2, 0) is 4.79 Å². The van der Waals surface area contributed by atoms with E-state index in [1.807, 2.05) is 18.2 Å². The molecule has 19 heavy (non-hydrogen) atoms. The number of hydrogen-bond acceptors (Lipinski definition) is 1. The first kappa shape index (κ1) is 16.2. The zero-order valence-corrected chi connectivity index (χ0v) is 13.4. The molecule has 1 aromatic carbocycles. The smallest absolute Gasteiger partial charge is 0.227 e. The molecule has 2 unspecified atom stereocenters. The Labute approximate surface area is 125 Å². The van der Waals surface area contributed by atoms with Gasteiger partial charge in [0.15, 0.2) is 0 Å². The third-order valence-corrected chi connectivity index (χ3v) is 4.07. The van der Waals surface area contributed by atoms with Crippen molar-refractivity contribution in [1.29, 1.82) is 0 Å². The van der Waals surface area contributed by atoms with E-state index in [0.29, 0.717) is 5.92 Å². The molecule has 3 heteroatoms. The lowest BCUT2D eigenvalue weighted by atomic mass is 9.85.